The van der Waals surface area contributed by atoms with Crippen LogP contribution in [0.25, 0.3) is 0 Å². The van der Waals surface area contributed by atoms with Gasteiger partial charge in [0.05, 0.1) is 17.5 Å². The van der Waals surface area contributed by atoms with Gasteiger partial charge in [-0.3, -0.25) is 4.79 Å². The Balaban J connectivity index is 1.31. The van der Waals surface area contributed by atoms with E-state index in [1.54, 1.807) is 0 Å². The molecule has 0 bridgehead atoms. The van der Waals surface area contributed by atoms with Crippen molar-refractivity contribution in [3.63, 3.8) is 0 Å². The molecule has 0 radical (unpaired) electrons. The first-order valence-electron chi connectivity index (χ1n) is 15.2. The molecule has 4 aliphatic carbocycles. The van der Waals surface area contributed by atoms with Gasteiger partial charge in [-0.05, 0) is 79.9 Å². The smallest absolute Gasteiger partial charge is 0.302 e. The summed E-state index contributed by atoms with van der Waals surface area (Å²) < 4.78 is 5.66. The molecule has 2 aromatic carbocycles. The van der Waals surface area contributed by atoms with E-state index in [-0.39, 0.29) is 28.8 Å². The average molecular weight is 568 g/mol. The Bertz CT molecular complexity index is 1500. The summed E-state index contributed by atoms with van der Waals surface area (Å²) in [6.45, 7) is 6.37. The topological polar surface area (TPSA) is 65.7 Å². The Labute approximate surface area is 248 Å². The summed E-state index contributed by atoms with van der Waals surface area (Å²) in [5, 5.41) is 19.3. The number of anilines is 1. The fourth-order valence-corrected chi connectivity index (χ4v) is 10.2. The molecule has 2 aromatic rings. The lowest BCUT2D eigenvalue weighted by Gasteiger charge is -2.59. The second kappa shape index (κ2) is 9.46. The number of allylic oxidation sites excluding steroid dienone is 1. The van der Waals surface area contributed by atoms with E-state index in [9.17, 15) is 10.1 Å². The van der Waals surface area contributed by atoms with Gasteiger partial charge >= 0.3 is 5.97 Å². The van der Waals surface area contributed by atoms with Gasteiger partial charge in [0.25, 0.3) is 0 Å². The predicted octanol–water partition coefficient (Wildman–Crippen LogP) is 7.95. The number of rotatable bonds is 3. The van der Waals surface area contributed by atoms with Crippen LogP contribution in [-0.4, -0.2) is 23.3 Å². The van der Waals surface area contributed by atoms with Crippen LogP contribution in [0.1, 0.15) is 71.3 Å². The minimum Gasteiger partial charge on any atom is -0.462 e. The van der Waals surface area contributed by atoms with Crippen molar-refractivity contribution in [2.75, 3.05) is 5.01 Å². The SMILES string of the molecule is CC(=O)OC1CCC2(C)C(=CCC3C2CCC2(C)C3CC3C(c4ccccc4Cl)=NN(c4ccccc4)C32C#N)C1. The quantitative estimate of drug-likeness (QED) is 0.279. The van der Waals surface area contributed by atoms with Crippen molar-refractivity contribution in [3.05, 3.63) is 76.8 Å². The van der Waals surface area contributed by atoms with Gasteiger partial charge in [0.2, 0.25) is 0 Å². The summed E-state index contributed by atoms with van der Waals surface area (Å²) >= 11 is 6.79. The number of nitrogens with zero attached hydrogens (tertiary/aromatic N) is 3. The fraction of sp³-hybridized carbons (Fsp3) is 0.514. The van der Waals surface area contributed by atoms with Crippen LogP contribution < -0.4 is 5.01 Å². The number of carbonyl (C=O) groups is 1. The van der Waals surface area contributed by atoms with E-state index in [0.29, 0.717) is 22.8 Å². The van der Waals surface area contributed by atoms with E-state index in [0.717, 1.165) is 61.9 Å². The largest absolute Gasteiger partial charge is 0.462 e. The number of esters is 1. The molecule has 0 saturated heterocycles. The second-order valence-electron chi connectivity index (χ2n) is 13.5. The summed E-state index contributed by atoms with van der Waals surface area (Å²) in [7, 11) is 0. The highest BCUT2D eigenvalue weighted by Crippen LogP contribution is 2.71. The molecule has 0 N–H and O–H groups in total. The third-order valence-corrected chi connectivity index (χ3v) is 12.2. The van der Waals surface area contributed by atoms with Crippen LogP contribution in [0.3, 0.4) is 0 Å². The van der Waals surface area contributed by atoms with Crippen LogP contribution in [0.15, 0.2) is 71.3 Å². The number of hydrogen-bond donors (Lipinski definition) is 0. The van der Waals surface area contributed by atoms with E-state index in [2.05, 4.69) is 49.2 Å². The zero-order valence-electron chi connectivity index (χ0n) is 24.1. The zero-order chi connectivity index (χ0) is 28.6. The van der Waals surface area contributed by atoms with Gasteiger partial charge in [0.15, 0.2) is 5.54 Å². The lowest BCUT2D eigenvalue weighted by atomic mass is 9.46. The van der Waals surface area contributed by atoms with Crippen LogP contribution >= 0.6 is 11.6 Å². The van der Waals surface area contributed by atoms with Crippen molar-refractivity contribution in [2.45, 2.75) is 77.4 Å². The Morgan fingerprint density at radius 2 is 1.83 bits per heavy atom. The summed E-state index contributed by atoms with van der Waals surface area (Å²) in [4.78, 5) is 11.7. The number of hydrogen-bond acceptors (Lipinski definition) is 5. The van der Waals surface area contributed by atoms with Crippen LogP contribution in [0.5, 0.6) is 0 Å². The molecule has 7 rings (SSSR count). The van der Waals surface area contributed by atoms with Crippen LogP contribution in [-0.2, 0) is 9.53 Å². The summed E-state index contributed by atoms with van der Waals surface area (Å²) in [5.41, 5.74) is 3.45. The first-order chi connectivity index (χ1) is 19.7. The highest BCUT2D eigenvalue weighted by Gasteiger charge is 2.73. The van der Waals surface area contributed by atoms with Crippen molar-refractivity contribution in [3.8, 4) is 6.07 Å². The Morgan fingerprint density at radius 3 is 2.56 bits per heavy atom. The Hall–Kier alpha value is -3.10. The van der Waals surface area contributed by atoms with E-state index in [1.807, 2.05) is 36.4 Å². The summed E-state index contributed by atoms with van der Waals surface area (Å²) in [5.74, 6) is 1.26. The molecule has 1 aliphatic heterocycles. The first kappa shape index (κ1) is 26.8. The van der Waals surface area contributed by atoms with E-state index >= 15 is 0 Å². The van der Waals surface area contributed by atoms with Crippen LogP contribution in [0, 0.1) is 45.8 Å². The number of fused-ring (bicyclic) bond motifs is 7. The van der Waals surface area contributed by atoms with Gasteiger partial charge in [0, 0.05) is 35.3 Å². The molecule has 212 valence electrons. The van der Waals surface area contributed by atoms with E-state index in [4.69, 9.17) is 21.4 Å². The molecule has 0 amide bonds. The van der Waals surface area contributed by atoms with Crippen LogP contribution in [0.4, 0.5) is 5.69 Å². The maximum absolute atomic E-state index is 11.7. The number of para-hydroxylation sites is 1. The third kappa shape index (κ3) is 3.65. The van der Waals surface area contributed by atoms with Gasteiger partial charge in [-0.25, -0.2) is 5.01 Å². The molecule has 6 heteroatoms. The van der Waals surface area contributed by atoms with Crippen LogP contribution in [0.2, 0.25) is 5.02 Å². The number of benzene rings is 2. The Kier molecular flexibility index (Phi) is 6.18. The highest BCUT2D eigenvalue weighted by atomic mass is 35.5. The summed E-state index contributed by atoms with van der Waals surface area (Å²) in [6, 6.07) is 21.1. The molecule has 0 aromatic heterocycles. The van der Waals surface area contributed by atoms with Crippen molar-refractivity contribution in [1.82, 2.24) is 0 Å². The van der Waals surface area contributed by atoms with Crippen molar-refractivity contribution >= 4 is 29.0 Å². The third-order valence-electron chi connectivity index (χ3n) is 11.8. The molecule has 0 spiro atoms. The average Bonchev–Trinajstić information content (AvgIpc) is 3.44. The standard InChI is InChI=1S/C35H38ClN3O2/c1-22(40)41-25-15-17-33(2)23(19-25)13-14-26-28(33)16-18-34(3)29(26)20-30-32(27-11-7-8-12-31(27)36)38-39(35(30,34)21-37)24-9-5-4-6-10-24/h4-13,25-26,28-30H,14-20H2,1-3H3. The maximum Gasteiger partial charge on any atom is 0.302 e. The lowest BCUT2D eigenvalue weighted by molar-refractivity contribution is -0.148. The molecule has 41 heavy (non-hydrogen) atoms. The monoisotopic (exact) mass is 567 g/mol. The normalized spacial score (nSPS) is 38.9. The molecule has 5 nitrogen and oxygen atoms in total. The van der Waals surface area contributed by atoms with Crippen molar-refractivity contribution in [1.29, 1.82) is 5.26 Å². The lowest BCUT2D eigenvalue weighted by Crippen LogP contribution is -2.60. The molecule has 3 fully saturated rings. The van der Waals surface area contributed by atoms with Crippen molar-refractivity contribution in [2.24, 2.45) is 39.6 Å². The number of hydrazone groups is 1. The van der Waals surface area contributed by atoms with Gasteiger partial charge in [0.1, 0.15) is 6.10 Å². The van der Waals surface area contributed by atoms with E-state index in [1.165, 1.54) is 12.5 Å². The summed E-state index contributed by atoms with van der Waals surface area (Å²) in [6.07, 6.45) is 9.38. The van der Waals surface area contributed by atoms with Crippen molar-refractivity contribution < 1.29 is 9.53 Å². The van der Waals surface area contributed by atoms with Gasteiger partial charge < -0.3 is 4.74 Å². The minimum absolute atomic E-state index is 0.00116. The molecule has 8 unspecified atom stereocenters. The number of carbonyl (C=O) groups excluding carboxylic acids is 1. The molecular weight excluding hydrogens is 530 g/mol. The number of nitriles is 1. The predicted molar refractivity (Wildman–Crippen MR) is 161 cm³/mol. The molecule has 5 aliphatic rings. The second-order valence-corrected chi connectivity index (χ2v) is 13.9. The molecular formula is C35H38ClN3O2. The maximum atomic E-state index is 11.7. The van der Waals surface area contributed by atoms with Gasteiger partial charge in [-0.2, -0.15) is 10.4 Å². The fourth-order valence-electron chi connectivity index (χ4n) is 9.96. The molecule has 8 atom stereocenters. The minimum atomic E-state index is -0.781. The number of halogens is 1. The number of ether oxygens (including phenoxy) is 1. The molecule has 1 heterocycles. The first-order valence-corrected chi connectivity index (χ1v) is 15.6. The highest BCUT2D eigenvalue weighted by molar-refractivity contribution is 6.34. The molecule has 3 saturated carbocycles. The van der Waals surface area contributed by atoms with Gasteiger partial charge in [-0.15, -0.1) is 0 Å². The zero-order valence-corrected chi connectivity index (χ0v) is 24.9. The van der Waals surface area contributed by atoms with E-state index < -0.39 is 5.54 Å². The Morgan fingerprint density at radius 1 is 1.07 bits per heavy atom. The van der Waals surface area contributed by atoms with Gasteiger partial charge in [-0.1, -0.05) is 73.5 Å².